The standard InChI is InChI=1S/C11H13N3O2S.ClH/c12-7-9-2-1-3-11(6-9)17(15,16)14-5-4-10(13)8-14;/h1-3,6,10H,4-5,8,13H2;1H. The first-order chi connectivity index (χ1) is 8.04. The molecule has 7 heteroatoms. The average molecular weight is 288 g/mol. The van der Waals surface area contributed by atoms with Gasteiger partial charge >= 0.3 is 0 Å². The number of sulfonamides is 1. The maximum atomic E-state index is 12.2. The summed E-state index contributed by atoms with van der Waals surface area (Å²) < 4.78 is 25.8. The first kappa shape index (κ1) is 14.9. The summed E-state index contributed by atoms with van der Waals surface area (Å²) in [7, 11) is -3.50. The molecule has 1 aromatic rings. The van der Waals surface area contributed by atoms with Gasteiger partial charge in [-0.1, -0.05) is 6.07 Å². The minimum atomic E-state index is -3.50. The monoisotopic (exact) mass is 287 g/mol. The minimum Gasteiger partial charge on any atom is -0.326 e. The van der Waals surface area contributed by atoms with Crippen molar-refractivity contribution in [3.63, 3.8) is 0 Å². The normalized spacial score (nSPS) is 20.1. The van der Waals surface area contributed by atoms with E-state index in [4.69, 9.17) is 11.0 Å². The van der Waals surface area contributed by atoms with E-state index in [2.05, 4.69) is 0 Å². The third-order valence-electron chi connectivity index (χ3n) is 2.79. The van der Waals surface area contributed by atoms with E-state index in [9.17, 15) is 8.42 Å². The van der Waals surface area contributed by atoms with Crippen LogP contribution in [0.25, 0.3) is 0 Å². The Morgan fingerprint density at radius 2 is 2.17 bits per heavy atom. The maximum absolute atomic E-state index is 12.2. The molecular weight excluding hydrogens is 274 g/mol. The number of halogens is 1. The van der Waals surface area contributed by atoms with E-state index in [1.54, 1.807) is 12.1 Å². The van der Waals surface area contributed by atoms with Crippen molar-refractivity contribution in [2.45, 2.75) is 17.4 Å². The zero-order valence-electron chi connectivity index (χ0n) is 9.61. The smallest absolute Gasteiger partial charge is 0.243 e. The number of hydrogen-bond acceptors (Lipinski definition) is 4. The van der Waals surface area contributed by atoms with Crippen LogP contribution in [0.2, 0.25) is 0 Å². The van der Waals surface area contributed by atoms with Crippen LogP contribution in [0.1, 0.15) is 12.0 Å². The van der Waals surface area contributed by atoms with Crippen LogP contribution >= 0.6 is 12.4 Å². The number of hydrogen-bond donors (Lipinski definition) is 1. The minimum absolute atomic E-state index is 0. The van der Waals surface area contributed by atoms with Gasteiger partial charge in [0.1, 0.15) is 0 Å². The molecule has 2 rings (SSSR count). The summed E-state index contributed by atoms with van der Waals surface area (Å²) in [6.45, 7) is 0.791. The third kappa shape index (κ3) is 2.82. The molecule has 1 aromatic carbocycles. The van der Waals surface area contributed by atoms with Crippen molar-refractivity contribution < 1.29 is 8.42 Å². The summed E-state index contributed by atoms with van der Waals surface area (Å²) in [5.74, 6) is 0. The Bertz CT molecular complexity index is 568. The van der Waals surface area contributed by atoms with Crippen LogP contribution in [0.3, 0.4) is 0 Å². The van der Waals surface area contributed by atoms with Gasteiger partial charge in [0.25, 0.3) is 0 Å². The van der Waals surface area contributed by atoms with Gasteiger partial charge in [-0.25, -0.2) is 8.42 Å². The average Bonchev–Trinajstić information content (AvgIpc) is 2.76. The lowest BCUT2D eigenvalue weighted by Gasteiger charge is -2.15. The second-order valence-corrected chi connectivity index (χ2v) is 5.99. The van der Waals surface area contributed by atoms with Crippen LogP contribution in [0.5, 0.6) is 0 Å². The SMILES string of the molecule is Cl.N#Cc1cccc(S(=O)(=O)N2CCC(N)C2)c1. The second kappa shape index (κ2) is 5.67. The lowest BCUT2D eigenvalue weighted by molar-refractivity contribution is 0.472. The highest BCUT2D eigenvalue weighted by molar-refractivity contribution is 7.89. The Balaban J connectivity index is 0.00000162. The van der Waals surface area contributed by atoms with Gasteiger partial charge in [-0.3, -0.25) is 0 Å². The number of nitrogens with two attached hydrogens (primary N) is 1. The zero-order valence-corrected chi connectivity index (χ0v) is 11.2. The third-order valence-corrected chi connectivity index (χ3v) is 4.65. The molecule has 0 aromatic heterocycles. The van der Waals surface area contributed by atoms with Crippen LogP contribution in [0.15, 0.2) is 29.2 Å². The molecule has 0 aliphatic carbocycles. The molecule has 1 aliphatic rings. The molecule has 0 bridgehead atoms. The summed E-state index contributed by atoms with van der Waals surface area (Å²) in [6, 6.07) is 7.87. The number of benzene rings is 1. The Labute approximate surface area is 113 Å². The van der Waals surface area contributed by atoms with E-state index in [-0.39, 0.29) is 23.3 Å². The first-order valence-corrected chi connectivity index (χ1v) is 6.74. The Morgan fingerprint density at radius 1 is 1.44 bits per heavy atom. The van der Waals surface area contributed by atoms with Gasteiger partial charge in [-0.15, -0.1) is 12.4 Å². The molecule has 1 atom stereocenters. The lowest BCUT2D eigenvalue weighted by Crippen LogP contribution is -2.31. The van der Waals surface area contributed by atoms with Crippen LogP contribution in [-0.2, 0) is 10.0 Å². The molecule has 18 heavy (non-hydrogen) atoms. The topological polar surface area (TPSA) is 87.2 Å². The zero-order chi connectivity index (χ0) is 12.5. The van der Waals surface area contributed by atoms with Crippen molar-refractivity contribution in [1.82, 2.24) is 4.31 Å². The molecule has 1 saturated heterocycles. The molecule has 0 saturated carbocycles. The molecule has 0 spiro atoms. The molecule has 1 unspecified atom stereocenters. The van der Waals surface area contributed by atoms with Gasteiger partial charge < -0.3 is 5.73 Å². The highest BCUT2D eigenvalue weighted by Crippen LogP contribution is 2.20. The highest BCUT2D eigenvalue weighted by atomic mass is 35.5. The molecule has 1 aliphatic heterocycles. The number of rotatable bonds is 2. The van der Waals surface area contributed by atoms with Crippen molar-refractivity contribution in [2.75, 3.05) is 13.1 Å². The molecule has 1 heterocycles. The number of nitriles is 1. The summed E-state index contributed by atoms with van der Waals surface area (Å²) in [4.78, 5) is 0.158. The van der Waals surface area contributed by atoms with Crippen molar-refractivity contribution in [3.8, 4) is 6.07 Å². The van der Waals surface area contributed by atoms with Crippen molar-refractivity contribution >= 4 is 22.4 Å². The molecule has 5 nitrogen and oxygen atoms in total. The molecule has 0 radical (unpaired) electrons. The lowest BCUT2D eigenvalue weighted by atomic mass is 10.2. The van der Waals surface area contributed by atoms with Crippen molar-refractivity contribution in [3.05, 3.63) is 29.8 Å². The van der Waals surface area contributed by atoms with Crippen LogP contribution < -0.4 is 5.73 Å². The molecule has 0 amide bonds. The fourth-order valence-electron chi connectivity index (χ4n) is 1.85. The Morgan fingerprint density at radius 3 is 2.72 bits per heavy atom. The van der Waals surface area contributed by atoms with E-state index >= 15 is 0 Å². The predicted molar refractivity (Wildman–Crippen MR) is 69.8 cm³/mol. The van der Waals surface area contributed by atoms with E-state index < -0.39 is 10.0 Å². The van der Waals surface area contributed by atoms with Gasteiger partial charge in [0.05, 0.1) is 16.5 Å². The summed E-state index contributed by atoms with van der Waals surface area (Å²) in [5, 5.41) is 8.76. The van der Waals surface area contributed by atoms with Crippen LogP contribution in [0, 0.1) is 11.3 Å². The fourth-order valence-corrected chi connectivity index (χ4v) is 3.41. The highest BCUT2D eigenvalue weighted by Gasteiger charge is 2.30. The summed E-state index contributed by atoms with van der Waals surface area (Å²) >= 11 is 0. The fraction of sp³-hybridized carbons (Fsp3) is 0.364. The Kier molecular flexibility index (Phi) is 4.71. The predicted octanol–water partition coefficient (Wildman–Crippen LogP) is 0.702. The summed E-state index contributed by atoms with van der Waals surface area (Å²) in [5.41, 5.74) is 6.04. The van der Waals surface area contributed by atoms with Crippen LogP contribution in [-0.4, -0.2) is 31.9 Å². The Hall–Kier alpha value is -1.13. The largest absolute Gasteiger partial charge is 0.326 e. The second-order valence-electron chi connectivity index (χ2n) is 4.05. The van der Waals surface area contributed by atoms with Gasteiger partial charge in [-0.05, 0) is 24.6 Å². The van der Waals surface area contributed by atoms with E-state index in [1.807, 2.05) is 6.07 Å². The van der Waals surface area contributed by atoms with E-state index in [0.717, 1.165) is 0 Å². The number of nitrogens with zero attached hydrogens (tertiary/aromatic N) is 2. The maximum Gasteiger partial charge on any atom is 0.243 e. The first-order valence-electron chi connectivity index (χ1n) is 5.30. The molecule has 98 valence electrons. The van der Waals surface area contributed by atoms with Gasteiger partial charge in [0, 0.05) is 19.1 Å². The van der Waals surface area contributed by atoms with Gasteiger partial charge in [0.2, 0.25) is 10.0 Å². The molecule has 2 N–H and O–H groups in total. The van der Waals surface area contributed by atoms with E-state index in [0.29, 0.717) is 25.1 Å². The van der Waals surface area contributed by atoms with Gasteiger partial charge in [0.15, 0.2) is 0 Å². The quantitative estimate of drug-likeness (QED) is 0.867. The summed E-state index contributed by atoms with van der Waals surface area (Å²) in [6.07, 6.45) is 0.678. The van der Waals surface area contributed by atoms with Gasteiger partial charge in [-0.2, -0.15) is 9.57 Å². The van der Waals surface area contributed by atoms with Crippen LogP contribution in [0.4, 0.5) is 0 Å². The molecule has 1 fully saturated rings. The van der Waals surface area contributed by atoms with E-state index in [1.165, 1.54) is 16.4 Å². The van der Waals surface area contributed by atoms with Crippen molar-refractivity contribution in [2.24, 2.45) is 5.73 Å². The van der Waals surface area contributed by atoms with Crippen molar-refractivity contribution in [1.29, 1.82) is 5.26 Å². The molecular formula is C11H14ClN3O2S.